The molecule has 2 aliphatic heterocycles. The topological polar surface area (TPSA) is 92.8 Å². The van der Waals surface area contributed by atoms with Crippen molar-refractivity contribution in [3.05, 3.63) is 35.4 Å². The Morgan fingerprint density at radius 1 is 1.18 bits per heavy atom. The van der Waals surface area contributed by atoms with Crippen molar-refractivity contribution in [3.8, 4) is 0 Å². The van der Waals surface area contributed by atoms with E-state index in [1.165, 1.54) is 18.1 Å². The van der Waals surface area contributed by atoms with Crippen LogP contribution in [0.25, 0.3) is 0 Å². The molecule has 2 fully saturated rings. The van der Waals surface area contributed by atoms with Crippen LogP contribution in [0.5, 0.6) is 0 Å². The molecule has 0 saturated carbocycles. The number of methoxy groups -OCH3 is 1. The predicted molar refractivity (Wildman–Crippen MR) is 73.9 cm³/mol. The zero-order chi connectivity index (χ0) is 15.9. The van der Waals surface area contributed by atoms with Crippen molar-refractivity contribution >= 4 is 23.7 Å². The lowest BCUT2D eigenvalue weighted by molar-refractivity contribution is -0.134. The van der Waals surface area contributed by atoms with Gasteiger partial charge in [0.2, 0.25) is 11.8 Å². The van der Waals surface area contributed by atoms with Gasteiger partial charge in [0.05, 0.1) is 23.7 Å². The Balaban J connectivity index is 1.79. The Morgan fingerprint density at radius 3 is 2.36 bits per heavy atom. The van der Waals surface area contributed by atoms with Crippen molar-refractivity contribution in [2.75, 3.05) is 20.2 Å². The van der Waals surface area contributed by atoms with Crippen LogP contribution in [0.3, 0.4) is 0 Å². The van der Waals surface area contributed by atoms with Crippen LogP contribution in [0.1, 0.15) is 27.1 Å². The fourth-order valence-electron chi connectivity index (χ4n) is 2.90. The molecule has 1 aromatic rings. The van der Waals surface area contributed by atoms with Gasteiger partial charge in [-0.1, -0.05) is 12.1 Å². The Morgan fingerprint density at radius 2 is 1.82 bits per heavy atom. The Kier molecular flexibility index (Phi) is 3.20. The maximum Gasteiger partial charge on any atom is 0.338 e. The van der Waals surface area contributed by atoms with Crippen molar-refractivity contribution in [1.82, 2.24) is 10.2 Å². The minimum Gasteiger partial charge on any atom is -0.465 e. The molecule has 2 saturated heterocycles. The van der Waals surface area contributed by atoms with Crippen LogP contribution in [0.4, 0.5) is 0 Å². The first-order valence-electron chi connectivity index (χ1n) is 6.78. The molecular formula is C15H14N2O5. The smallest absolute Gasteiger partial charge is 0.338 e. The van der Waals surface area contributed by atoms with Gasteiger partial charge in [0.1, 0.15) is 0 Å². The summed E-state index contributed by atoms with van der Waals surface area (Å²) in [5.74, 6) is -1.58. The van der Waals surface area contributed by atoms with Crippen molar-refractivity contribution in [2.45, 2.75) is 6.42 Å². The van der Waals surface area contributed by atoms with Gasteiger partial charge in [-0.3, -0.25) is 19.7 Å². The number of hydrogen-bond donors (Lipinski definition) is 1. The summed E-state index contributed by atoms with van der Waals surface area (Å²) in [4.78, 5) is 48.7. The monoisotopic (exact) mass is 302 g/mol. The Hall–Kier alpha value is -2.70. The van der Waals surface area contributed by atoms with Crippen LogP contribution in [0.2, 0.25) is 0 Å². The lowest BCUT2D eigenvalue weighted by Crippen LogP contribution is -2.61. The lowest BCUT2D eigenvalue weighted by Gasteiger charge is -2.45. The maximum atomic E-state index is 12.5. The third-order valence-corrected chi connectivity index (χ3v) is 4.07. The summed E-state index contributed by atoms with van der Waals surface area (Å²) in [6, 6.07) is 6.35. The number of nitrogens with zero attached hydrogens (tertiary/aromatic N) is 1. The van der Waals surface area contributed by atoms with E-state index in [-0.39, 0.29) is 48.4 Å². The average molecular weight is 302 g/mol. The molecule has 3 rings (SSSR count). The summed E-state index contributed by atoms with van der Waals surface area (Å²) in [6.45, 7) is 0.359. The van der Waals surface area contributed by atoms with E-state index in [1.807, 2.05) is 0 Å². The third-order valence-electron chi connectivity index (χ3n) is 4.07. The number of imide groups is 1. The molecule has 114 valence electrons. The van der Waals surface area contributed by atoms with Crippen LogP contribution in [-0.4, -0.2) is 48.8 Å². The second-order valence-electron chi connectivity index (χ2n) is 5.53. The number of hydrogen-bond acceptors (Lipinski definition) is 5. The summed E-state index contributed by atoms with van der Waals surface area (Å²) >= 11 is 0. The van der Waals surface area contributed by atoms with Gasteiger partial charge in [0, 0.05) is 19.5 Å². The SMILES string of the molecule is COC(=O)c1ccccc1C(=O)N1CC2(CC(=O)NC2=O)C1. The highest BCUT2D eigenvalue weighted by Gasteiger charge is 2.56. The van der Waals surface area contributed by atoms with Gasteiger partial charge in [0.25, 0.3) is 5.91 Å². The highest BCUT2D eigenvalue weighted by molar-refractivity contribution is 6.09. The van der Waals surface area contributed by atoms with Gasteiger partial charge in [0.15, 0.2) is 0 Å². The molecule has 22 heavy (non-hydrogen) atoms. The second-order valence-corrected chi connectivity index (χ2v) is 5.53. The van der Waals surface area contributed by atoms with Crippen LogP contribution in [0, 0.1) is 5.41 Å². The summed E-state index contributed by atoms with van der Waals surface area (Å²) < 4.78 is 4.66. The van der Waals surface area contributed by atoms with E-state index in [2.05, 4.69) is 10.1 Å². The van der Waals surface area contributed by atoms with Crippen molar-refractivity contribution in [2.24, 2.45) is 5.41 Å². The van der Waals surface area contributed by atoms with Gasteiger partial charge in [-0.15, -0.1) is 0 Å². The summed E-state index contributed by atoms with van der Waals surface area (Å²) in [7, 11) is 1.25. The van der Waals surface area contributed by atoms with Crippen LogP contribution in [0.15, 0.2) is 24.3 Å². The molecule has 0 aromatic heterocycles. The quantitative estimate of drug-likeness (QED) is 0.611. The first-order chi connectivity index (χ1) is 10.5. The van der Waals surface area contributed by atoms with Crippen molar-refractivity contribution in [3.63, 3.8) is 0 Å². The van der Waals surface area contributed by atoms with E-state index >= 15 is 0 Å². The highest BCUT2D eigenvalue weighted by Crippen LogP contribution is 2.38. The predicted octanol–water partition coefficient (Wildman–Crippen LogP) is -0.0381. The molecule has 0 atom stereocenters. The molecule has 1 spiro atoms. The molecule has 7 nitrogen and oxygen atoms in total. The summed E-state index contributed by atoms with van der Waals surface area (Å²) in [6.07, 6.45) is 0.105. The van der Waals surface area contributed by atoms with E-state index in [1.54, 1.807) is 18.2 Å². The number of nitrogens with one attached hydrogen (secondary N) is 1. The van der Waals surface area contributed by atoms with Crippen molar-refractivity contribution in [1.29, 1.82) is 0 Å². The van der Waals surface area contributed by atoms with Gasteiger partial charge in [-0.2, -0.15) is 0 Å². The Bertz CT molecular complexity index is 691. The molecule has 7 heteroatoms. The number of esters is 1. The standard InChI is InChI=1S/C15H14N2O5/c1-22-13(20)10-5-3-2-4-9(10)12(19)17-7-15(8-17)6-11(18)16-14(15)21/h2-5H,6-8H2,1H3,(H,16,18,21). The van der Waals surface area contributed by atoms with Gasteiger partial charge >= 0.3 is 5.97 Å². The van der Waals surface area contributed by atoms with E-state index in [9.17, 15) is 19.2 Å². The molecule has 3 amide bonds. The van der Waals surface area contributed by atoms with Crippen LogP contribution < -0.4 is 5.32 Å². The zero-order valence-corrected chi connectivity index (χ0v) is 11.9. The maximum absolute atomic E-state index is 12.5. The van der Waals surface area contributed by atoms with Gasteiger partial charge in [-0.25, -0.2) is 4.79 Å². The number of ether oxygens (including phenoxy) is 1. The fourth-order valence-corrected chi connectivity index (χ4v) is 2.90. The first-order valence-corrected chi connectivity index (χ1v) is 6.78. The number of amides is 3. The molecule has 0 radical (unpaired) electrons. The first kappa shape index (κ1) is 14.2. The summed E-state index contributed by atoms with van der Waals surface area (Å²) in [5.41, 5.74) is -0.385. The van der Waals surface area contributed by atoms with E-state index in [4.69, 9.17) is 0 Å². The number of likely N-dealkylation sites (tertiary alicyclic amines) is 1. The third kappa shape index (κ3) is 2.05. The zero-order valence-electron chi connectivity index (χ0n) is 11.9. The largest absolute Gasteiger partial charge is 0.465 e. The second kappa shape index (κ2) is 4.94. The normalized spacial score (nSPS) is 18.9. The molecular weight excluding hydrogens is 288 g/mol. The van der Waals surface area contributed by atoms with Gasteiger partial charge < -0.3 is 9.64 Å². The minimum atomic E-state index is -0.799. The van der Waals surface area contributed by atoms with Crippen LogP contribution >= 0.6 is 0 Å². The average Bonchev–Trinajstić information content (AvgIpc) is 2.78. The Labute approximate surface area is 126 Å². The molecule has 0 bridgehead atoms. The summed E-state index contributed by atoms with van der Waals surface area (Å²) in [5, 5.41) is 2.26. The molecule has 0 unspecified atom stereocenters. The van der Waals surface area contributed by atoms with Crippen LogP contribution in [-0.2, 0) is 14.3 Å². The molecule has 1 aromatic carbocycles. The minimum absolute atomic E-state index is 0.105. The molecule has 0 aliphatic carbocycles. The molecule has 1 N–H and O–H groups in total. The lowest BCUT2D eigenvalue weighted by atomic mass is 9.78. The number of rotatable bonds is 2. The number of benzene rings is 1. The van der Waals surface area contributed by atoms with E-state index in [0.29, 0.717) is 0 Å². The van der Waals surface area contributed by atoms with E-state index in [0.717, 1.165) is 0 Å². The van der Waals surface area contributed by atoms with Gasteiger partial charge in [-0.05, 0) is 12.1 Å². The van der Waals surface area contributed by atoms with Crippen molar-refractivity contribution < 1.29 is 23.9 Å². The highest BCUT2D eigenvalue weighted by atomic mass is 16.5. The number of carbonyl (C=O) groups excluding carboxylic acids is 4. The fraction of sp³-hybridized carbons (Fsp3) is 0.333. The number of carbonyl (C=O) groups is 4. The molecule has 2 aliphatic rings. The molecule has 2 heterocycles. The van der Waals surface area contributed by atoms with E-state index < -0.39 is 11.4 Å².